The summed E-state index contributed by atoms with van der Waals surface area (Å²) in [6, 6.07) is 12.6. The lowest BCUT2D eigenvalue weighted by molar-refractivity contribution is -0.115. The second kappa shape index (κ2) is 5.58. The van der Waals surface area contributed by atoms with E-state index < -0.39 is 0 Å². The second-order valence-corrected chi connectivity index (χ2v) is 5.28. The summed E-state index contributed by atoms with van der Waals surface area (Å²) >= 11 is 6.05. The van der Waals surface area contributed by atoms with Gasteiger partial charge in [-0.1, -0.05) is 29.8 Å². The van der Waals surface area contributed by atoms with Gasteiger partial charge in [0.2, 0.25) is 5.91 Å². The van der Waals surface area contributed by atoms with Crippen LogP contribution in [0, 0.1) is 0 Å². The summed E-state index contributed by atoms with van der Waals surface area (Å²) in [5, 5.41) is 6.20. The van der Waals surface area contributed by atoms with Gasteiger partial charge in [0.1, 0.15) is 0 Å². The molecule has 0 saturated carbocycles. The molecular weight excluding hydrogens is 288 g/mol. The molecule has 0 unspecified atom stereocenters. The maximum absolute atomic E-state index is 12.2. The SMILES string of the molecule is O=C1Cc2cc(C(=O)NCc3ccccc3Cl)ccc2N1. The Balaban J connectivity index is 1.71. The second-order valence-electron chi connectivity index (χ2n) is 4.87. The van der Waals surface area contributed by atoms with Gasteiger partial charge < -0.3 is 10.6 Å². The van der Waals surface area contributed by atoms with Crippen LogP contribution in [0.15, 0.2) is 42.5 Å². The molecule has 3 rings (SSSR count). The van der Waals surface area contributed by atoms with Crippen molar-refractivity contribution in [1.82, 2.24) is 5.32 Å². The van der Waals surface area contributed by atoms with E-state index in [0.29, 0.717) is 23.6 Å². The van der Waals surface area contributed by atoms with Crippen LogP contribution in [-0.4, -0.2) is 11.8 Å². The van der Waals surface area contributed by atoms with Crippen molar-refractivity contribution in [3.8, 4) is 0 Å². The van der Waals surface area contributed by atoms with E-state index in [4.69, 9.17) is 11.6 Å². The highest BCUT2D eigenvalue weighted by atomic mass is 35.5. The number of hydrogen-bond acceptors (Lipinski definition) is 2. The highest BCUT2D eigenvalue weighted by molar-refractivity contribution is 6.31. The van der Waals surface area contributed by atoms with Gasteiger partial charge in [0.25, 0.3) is 5.91 Å². The summed E-state index contributed by atoms with van der Waals surface area (Å²) in [5.41, 5.74) is 3.04. The zero-order chi connectivity index (χ0) is 14.8. The molecule has 1 heterocycles. The van der Waals surface area contributed by atoms with Gasteiger partial charge in [-0.05, 0) is 35.4 Å². The zero-order valence-corrected chi connectivity index (χ0v) is 11.9. The van der Waals surface area contributed by atoms with Crippen molar-refractivity contribution in [2.45, 2.75) is 13.0 Å². The number of fused-ring (bicyclic) bond motifs is 1. The average molecular weight is 301 g/mol. The third kappa shape index (κ3) is 2.90. The number of carbonyl (C=O) groups excluding carboxylic acids is 2. The monoisotopic (exact) mass is 300 g/mol. The molecule has 0 radical (unpaired) electrons. The summed E-state index contributed by atoms with van der Waals surface area (Å²) in [7, 11) is 0. The lowest BCUT2D eigenvalue weighted by Crippen LogP contribution is -2.23. The molecule has 0 aromatic heterocycles. The minimum absolute atomic E-state index is 0.0429. The summed E-state index contributed by atoms with van der Waals surface area (Å²) in [5.74, 6) is -0.226. The number of halogens is 1. The molecule has 2 aromatic carbocycles. The molecular formula is C16H13ClN2O2. The highest BCUT2D eigenvalue weighted by Crippen LogP contribution is 2.24. The Kier molecular flexibility index (Phi) is 3.62. The molecule has 0 bridgehead atoms. The Hall–Kier alpha value is -2.33. The van der Waals surface area contributed by atoms with Crippen molar-refractivity contribution >= 4 is 29.1 Å². The third-order valence-corrected chi connectivity index (χ3v) is 3.76. The van der Waals surface area contributed by atoms with Crippen LogP contribution in [0.2, 0.25) is 5.02 Å². The molecule has 2 N–H and O–H groups in total. The topological polar surface area (TPSA) is 58.2 Å². The van der Waals surface area contributed by atoms with Gasteiger partial charge in [-0.3, -0.25) is 9.59 Å². The Bertz CT molecular complexity index is 728. The van der Waals surface area contributed by atoms with Crippen LogP contribution in [0.3, 0.4) is 0 Å². The van der Waals surface area contributed by atoms with Crippen LogP contribution in [0.1, 0.15) is 21.5 Å². The maximum atomic E-state index is 12.2. The molecule has 21 heavy (non-hydrogen) atoms. The molecule has 4 nitrogen and oxygen atoms in total. The van der Waals surface area contributed by atoms with Crippen LogP contribution < -0.4 is 10.6 Å². The molecule has 0 atom stereocenters. The Morgan fingerprint density at radius 3 is 2.86 bits per heavy atom. The van der Waals surface area contributed by atoms with Crippen LogP contribution in [-0.2, 0) is 17.8 Å². The molecule has 2 aromatic rings. The first-order valence-electron chi connectivity index (χ1n) is 6.58. The summed E-state index contributed by atoms with van der Waals surface area (Å²) in [4.78, 5) is 23.5. The van der Waals surface area contributed by atoms with E-state index in [1.165, 1.54) is 0 Å². The lowest BCUT2D eigenvalue weighted by Gasteiger charge is -2.08. The van der Waals surface area contributed by atoms with E-state index in [0.717, 1.165) is 16.8 Å². The summed E-state index contributed by atoms with van der Waals surface area (Å²) < 4.78 is 0. The van der Waals surface area contributed by atoms with E-state index >= 15 is 0 Å². The normalized spacial score (nSPS) is 12.7. The van der Waals surface area contributed by atoms with E-state index in [2.05, 4.69) is 10.6 Å². The van der Waals surface area contributed by atoms with E-state index in [1.54, 1.807) is 24.3 Å². The average Bonchev–Trinajstić information content (AvgIpc) is 2.85. The number of amides is 2. The van der Waals surface area contributed by atoms with Crippen molar-refractivity contribution in [1.29, 1.82) is 0 Å². The minimum atomic E-state index is -0.183. The molecule has 0 fully saturated rings. The number of anilines is 1. The Morgan fingerprint density at radius 2 is 2.05 bits per heavy atom. The lowest BCUT2D eigenvalue weighted by atomic mass is 10.1. The fraction of sp³-hybridized carbons (Fsp3) is 0.125. The minimum Gasteiger partial charge on any atom is -0.348 e. The van der Waals surface area contributed by atoms with Gasteiger partial charge in [0.15, 0.2) is 0 Å². The number of carbonyl (C=O) groups is 2. The fourth-order valence-electron chi connectivity index (χ4n) is 2.29. The standard InChI is InChI=1S/C16H13ClN2O2/c17-13-4-2-1-3-11(13)9-18-16(21)10-5-6-14-12(7-10)8-15(20)19-14/h1-7H,8-9H2,(H,18,21)(H,19,20). The summed E-state index contributed by atoms with van der Waals surface area (Å²) in [6.07, 6.45) is 0.320. The number of rotatable bonds is 3. The van der Waals surface area contributed by atoms with Gasteiger partial charge in [-0.25, -0.2) is 0 Å². The van der Waals surface area contributed by atoms with Crippen LogP contribution in [0.5, 0.6) is 0 Å². The number of nitrogens with one attached hydrogen (secondary N) is 2. The molecule has 106 valence electrons. The number of hydrogen-bond donors (Lipinski definition) is 2. The van der Waals surface area contributed by atoms with Crippen molar-refractivity contribution in [3.63, 3.8) is 0 Å². The van der Waals surface area contributed by atoms with Crippen LogP contribution in [0.25, 0.3) is 0 Å². The first kappa shape index (κ1) is 13.6. The molecule has 0 aliphatic carbocycles. The van der Waals surface area contributed by atoms with E-state index in [1.807, 2.05) is 18.2 Å². The van der Waals surface area contributed by atoms with Crippen LogP contribution in [0.4, 0.5) is 5.69 Å². The summed E-state index contributed by atoms with van der Waals surface area (Å²) in [6.45, 7) is 0.368. The molecule has 0 spiro atoms. The molecule has 2 amide bonds. The van der Waals surface area contributed by atoms with Crippen molar-refractivity contribution in [2.24, 2.45) is 0 Å². The highest BCUT2D eigenvalue weighted by Gasteiger charge is 2.19. The zero-order valence-electron chi connectivity index (χ0n) is 11.2. The van der Waals surface area contributed by atoms with Gasteiger partial charge in [-0.15, -0.1) is 0 Å². The Morgan fingerprint density at radius 1 is 1.24 bits per heavy atom. The molecule has 1 aliphatic rings. The fourth-order valence-corrected chi connectivity index (χ4v) is 2.49. The van der Waals surface area contributed by atoms with E-state index in [-0.39, 0.29) is 11.8 Å². The van der Waals surface area contributed by atoms with Crippen molar-refractivity contribution in [2.75, 3.05) is 5.32 Å². The van der Waals surface area contributed by atoms with E-state index in [9.17, 15) is 9.59 Å². The first-order chi connectivity index (χ1) is 10.1. The van der Waals surface area contributed by atoms with Gasteiger partial charge >= 0.3 is 0 Å². The quantitative estimate of drug-likeness (QED) is 0.916. The maximum Gasteiger partial charge on any atom is 0.251 e. The van der Waals surface area contributed by atoms with Crippen LogP contribution >= 0.6 is 11.6 Å². The number of benzene rings is 2. The predicted octanol–water partition coefficient (Wildman–Crippen LogP) is 2.76. The van der Waals surface area contributed by atoms with Crippen molar-refractivity contribution < 1.29 is 9.59 Å². The Labute approximate surface area is 127 Å². The first-order valence-corrected chi connectivity index (χ1v) is 6.95. The third-order valence-electron chi connectivity index (χ3n) is 3.39. The van der Waals surface area contributed by atoms with Gasteiger partial charge in [0.05, 0.1) is 6.42 Å². The smallest absolute Gasteiger partial charge is 0.251 e. The van der Waals surface area contributed by atoms with Crippen molar-refractivity contribution in [3.05, 3.63) is 64.2 Å². The van der Waals surface area contributed by atoms with Gasteiger partial charge in [0, 0.05) is 22.8 Å². The molecule has 5 heteroatoms. The van der Waals surface area contributed by atoms with Gasteiger partial charge in [-0.2, -0.15) is 0 Å². The predicted molar refractivity (Wildman–Crippen MR) is 81.4 cm³/mol. The largest absolute Gasteiger partial charge is 0.348 e. The molecule has 0 saturated heterocycles. The molecule has 1 aliphatic heterocycles.